The lowest BCUT2D eigenvalue weighted by Gasteiger charge is -2.19. The molecule has 1 aliphatic heterocycles. The second-order valence-corrected chi connectivity index (χ2v) is 4.82. The molecule has 1 saturated heterocycles. The second kappa shape index (κ2) is 3.99. The van der Waals surface area contributed by atoms with Gasteiger partial charge < -0.3 is 4.74 Å². The molecule has 0 unspecified atom stereocenters. The van der Waals surface area contributed by atoms with Gasteiger partial charge in [-0.15, -0.1) is 0 Å². The van der Waals surface area contributed by atoms with Crippen molar-refractivity contribution in [3.8, 4) is 0 Å². The number of rotatable bonds is 0. The van der Waals surface area contributed by atoms with Gasteiger partial charge in [-0.05, 0) is 18.4 Å². The lowest BCUT2D eigenvalue weighted by atomic mass is 9.81. The van der Waals surface area contributed by atoms with E-state index in [4.69, 9.17) is 4.74 Å². The van der Waals surface area contributed by atoms with Crippen LogP contribution in [0.3, 0.4) is 0 Å². The van der Waals surface area contributed by atoms with Crippen molar-refractivity contribution in [2.75, 3.05) is 6.61 Å². The number of aryl methyl sites for hydroxylation is 1. The maximum atomic E-state index is 12.1. The SMILES string of the molecule is O=C1C[C@@H]2C(=O)OC[C@H]2CCc2ccccc21. The average molecular weight is 230 g/mol. The van der Waals surface area contributed by atoms with Crippen LogP contribution in [0.5, 0.6) is 0 Å². The van der Waals surface area contributed by atoms with E-state index in [1.54, 1.807) is 0 Å². The topological polar surface area (TPSA) is 43.4 Å². The largest absolute Gasteiger partial charge is 0.465 e. The molecule has 0 spiro atoms. The molecule has 1 heterocycles. The molecule has 0 aromatic heterocycles. The van der Waals surface area contributed by atoms with Crippen molar-refractivity contribution in [2.45, 2.75) is 19.3 Å². The van der Waals surface area contributed by atoms with Gasteiger partial charge in [-0.25, -0.2) is 0 Å². The van der Waals surface area contributed by atoms with Gasteiger partial charge in [0.2, 0.25) is 0 Å². The van der Waals surface area contributed by atoms with Gasteiger partial charge in [-0.1, -0.05) is 24.3 Å². The summed E-state index contributed by atoms with van der Waals surface area (Å²) in [4.78, 5) is 23.7. The molecule has 3 rings (SSSR count). The van der Waals surface area contributed by atoms with Crippen molar-refractivity contribution in [3.63, 3.8) is 0 Å². The molecule has 0 N–H and O–H groups in total. The third kappa shape index (κ3) is 1.75. The number of hydrogen-bond donors (Lipinski definition) is 0. The first-order valence-corrected chi connectivity index (χ1v) is 6.03. The van der Waals surface area contributed by atoms with E-state index in [0.717, 1.165) is 24.0 Å². The number of cyclic esters (lactones) is 1. The van der Waals surface area contributed by atoms with Gasteiger partial charge in [0.15, 0.2) is 5.78 Å². The van der Waals surface area contributed by atoms with E-state index >= 15 is 0 Å². The van der Waals surface area contributed by atoms with Gasteiger partial charge >= 0.3 is 5.97 Å². The fourth-order valence-electron chi connectivity index (χ4n) is 2.80. The first-order valence-electron chi connectivity index (χ1n) is 6.03. The highest BCUT2D eigenvalue weighted by atomic mass is 16.5. The minimum absolute atomic E-state index is 0.0779. The zero-order valence-electron chi connectivity index (χ0n) is 9.52. The van der Waals surface area contributed by atoms with Gasteiger partial charge in [0.05, 0.1) is 12.5 Å². The summed E-state index contributed by atoms with van der Waals surface area (Å²) in [6.07, 6.45) is 2.10. The molecule has 17 heavy (non-hydrogen) atoms. The molecule has 2 atom stereocenters. The maximum Gasteiger partial charge on any atom is 0.309 e. The molecule has 1 aromatic rings. The molecular formula is C14H14O3. The van der Waals surface area contributed by atoms with E-state index in [1.165, 1.54) is 0 Å². The normalized spacial score (nSPS) is 27.8. The number of benzene rings is 1. The van der Waals surface area contributed by atoms with Crippen molar-refractivity contribution in [1.82, 2.24) is 0 Å². The molecule has 3 heteroatoms. The molecule has 1 aromatic carbocycles. The Morgan fingerprint density at radius 1 is 1.18 bits per heavy atom. The number of esters is 1. The van der Waals surface area contributed by atoms with Crippen LogP contribution in [0.25, 0.3) is 0 Å². The zero-order valence-corrected chi connectivity index (χ0v) is 9.52. The Kier molecular flexibility index (Phi) is 2.46. The van der Waals surface area contributed by atoms with E-state index in [-0.39, 0.29) is 23.6 Å². The highest BCUT2D eigenvalue weighted by Gasteiger charge is 2.39. The number of ketones is 1. The quantitative estimate of drug-likeness (QED) is 0.640. The summed E-state index contributed by atoms with van der Waals surface area (Å²) in [5.41, 5.74) is 1.89. The molecule has 1 aliphatic carbocycles. The fourth-order valence-corrected chi connectivity index (χ4v) is 2.80. The number of carbonyl (C=O) groups excluding carboxylic acids is 2. The van der Waals surface area contributed by atoms with Crippen LogP contribution in [0.1, 0.15) is 28.8 Å². The maximum absolute atomic E-state index is 12.1. The van der Waals surface area contributed by atoms with Crippen LogP contribution >= 0.6 is 0 Å². The Morgan fingerprint density at radius 3 is 2.88 bits per heavy atom. The molecule has 1 fully saturated rings. The molecule has 3 nitrogen and oxygen atoms in total. The lowest BCUT2D eigenvalue weighted by Crippen LogP contribution is -2.23. The number of fused-ring (bicyclic) bond motifs is 2. The summed E-state index contributed by atoms with van der Waals surface area (Å²) in [5.74, 6) is -0.104. The molecule has 0 radical (unpaired) electrons. The monoisotopic (exact) mass is 230 g/mol. The predicted molar refractivity (Wildman–Crippen MR) is 61.6 cm³/mol. The van der Waals surface area contributed by atoms with Gasteiger partial charge in [0.1, 0.15) is 0 Å². The Balaban J connectivity index is 1.96. The van der Waals surface area contributed by atoms with Crippen molar-refractivity contribution >= 4 is 11.8 Å². The summed E-state index contributed by atoms with van der Waals surface area (Å²) in [7, 11) is 0. The van der Waals surface area contributed by atoms with Gasteiger partial charge in [0.25, 0.3) is 0 Å². The Hall–Kier alpha value is -1.64. The third-order valence-electron chi connectivity index (χ3n) is 3.82. The van der Waals surface area contributed by atoms with E-state index in [1.807, 2.05) is 24.3 Å². The molecule has 0 bridgehead atoms. The van der Waals surface area contributed by atoms with E-state index < -0.39 is 0 Å². The van der Waals surface area contributed by atoms with E-state index in [0.29, 0.717) is 13.0 Å². The van der Waals surface area contributed by atoms with Crippen molar-refractivity contribution < 1.29 is 14.3 Å². The fraction of sp³-hybridized carbons (Fsp3) is 0.429. The van der Waals surface area contributed by atoms with Gasteiger partial charge in [-0.2, -0.15) is 0 Å². The third-order valence-corrected chi connectivity index (χ3v) is 3.82. The number of carbonyl (C=O) groups is 2. The number of ether oxygens (including phenoxy) is 1. The summed E-state index contributed by atoms with van der Waals surface area (Å²) >= 11 is 0. The first-order chi connectivity index (χ1) is 8.25. The van der Waals surface area contributed by atoms with Crippen LogP contribution in [-0.2, 0) is 16.0 Å². The average Bonchev–Trinajstić information content (AvgIpc) is 2.66. The second-order valence-electron chi connectivity index (χ2n) is 4.82. The first kappa shape index (κ1) is 10.5. The van der Waals surface area contributed by atoms with Crippen LogP contribution in [0.2, 0.25) is 0 Å². The minimum atomic E-state index is -0.212. The molecular weight excluding hydrogens is 216 g/mol. The Bertz CT molecular complexity index is 478. The van der Waals surface area contributed by atoms with Crippen LogP contribution in [0, 0.1) is 11.8 Å². The van der Waals surface area contributed by atoms with Crippen molar-refractivity contribution in [3.05, 3.63) is 35.4 Å². The molecule has 0 saturated carbocycles. The molecule has 2 aliphatic rings. The van der Waals surface area contributed by atoms with Crippen LogP contribution in [-0.4, -0.2) is 18.4 Å². The molecule has 88 valence electrons. The Morgan fingerprint density at radius 2 is 2.00 bits per heavy atom. The lowest BCUT2D eigenvalue weighted by molar-refractivity contribution is -0.141. The summed E-state index contributed by atoms with van der Waals surface area (Å²) in [5, 5.41) is 0. The molecule has 0 amide bonds. The highest BCUT2D eigenvalue weighted by molar-refractivity contribution is 5.99. The van der Waals surface area contributed by atoms with Crippen LogP contribution in [0.15, 0.2) is 24.3 Å². The van der Waals surface area contributed by atoms with Gasteiger partial charge in [-0.3, -0.25) is 9.59 Å². The van der Waals surface area contributed by atoms with Crippen LogP contribution in [0.4, 0.5) is 0 Å². The van der Waals surface area contributed by atoms with Gasteiger partial charge in [0, 0.05) is 17.9 Å². The Labute approximate surface area is 99.8 Å². The van der Waals surface area contributed by atoms with Crippen molar-refractivity contribution in [2.24, 2.45) is 11.8 Å². The van der Waals surface area contributed by atoms with E-state index in [9.17, 15) is 9.59 Å². The smallest absolute Gasteiger partial charge is 0.309 e. The predicted octanol–water partition coefficient (Wildman–Crippen LogP) is 1.99. The van der Waals surface area contributed by atoms with E-state index in [2.05, 4.69) is 0 Å². The van der Waals surface area contributed by atoms with Crippen LogP contribution < -0.4 is 0 Å². The zero-order chi connectivity index (χ0) is 11.8. The standard InChI is InChI=1S/C14H14O3/c15-13-7-12-10(8-17-14(12)16)6-5-9-3-1-2-4-11(9)13/h1-4,10,12H,5-8H2/t10-,12+/m1/s1. The van der Waals surface area contributed by atoms with Crippen molar-refractivity contribution in [1.29, 1.82) is 0 Å². The summed E-state index contributed by atoms with van der Waals surface area (Å²) in [6.45, 7) is 0.485. The highest BCUT2D eigenvalue weighted by Crippen LogP contribution is 2.33. The summed E-state index contributed by atoms with van der Waals surface area (Å²) < 4.78 is 5.07. The number of hydrogen-bond acceptors (Lipinski definition) is 3. The summed E-state index contributed by atoms with van der Waals surface area (Å²) in [6, 6.07) is 7.70. The number of Topliss-reactive ketones (excluding diaryl/α,β-unsaturated/α-hetero) is 1. The minimum Gasteiger partial charge on any atom is -0.465 e.